The Hall–Kier alpha value is -1.88. The normalized spacial score (nSPS) is 17.6. The third kappa shape index (κ3) is 3.96. The summed E-state index contributed by atoms with van der Waals surface area (Å²) in [5, 5.41) is 3.30. The summed E-state index contributed by atoms with van der Waals surface area (Å²) in [7, 11) is 0. The standard InChI is InChI=1S/C19H22BrN3O/c1-2-18-5-3-4-10-23(18)19(24)14-11-17(13-21-12-14)22-16-8-6-15(20)7-9-16/h6-9,11-13,18,22H,2-5,10H2,1H3. The molecule has 1 atom stereocenters. The Morgan fingerprint density at radius 3 is 2.79 bits per heavy atom. The molecular formula is C19H22BrN3O. The molecule has 1 aromatic carbocycles. The fourth-order valence-electron chi connectivity index (χ4n) is 3.18. The lowest BCUT2D eigenvalue weighted by atomic mass is 9.99. The van der Waals surface area contributed by atoms with Gasteiger partial charge in [0, 0.05) is 28.9 Å². The van der Waals surface area contributed by atoms with Crippen LogP contribution in [0.2, 0.25) is 0 Å². The summed E-state index contributed by atoms with van der Waals surface area (Å²) in [6.07, 6.45) is 7.82. The van der Waals surface area contributed by atoms with Crippen LogP contribution in [0.1, 0.15) is 43.0 Å². The Morgan fingerprint density at radius 2 is 2.04 bits per heavy atom. The first kappa shape index (κ1) is 17.0. The van der Waals surface area contributed by atoms with Gasteiger partial charge in [-0.25, -0.2) is 0 Å². The molecule has 1 amide bonds. The molecule has 5 heteroatoms. The number of pyridine rings is 1. The van der Waals surface area contributed by atoms with Crippen LogP contribution in [0.3, 0.4) is 0 Å². The van der Waals surface area contributed by atoms with Gasteiger partial charge in [-0.3, -0.25) is 9.78 Å². The lowest BCUT2D eigenvalue weighted by Gasteiger charge is -2.35. The summed E-state index contributed by atoms with van der Waals surface area (Å²) in [6.45, 7) is 3.00. The van der Waals surface area contributed by atoms with Gasteiger partial charge in [0.15, 0.2) is 0 Å². The number of aromatic nitrogens is 1. The number of anilines is 2. The van der Waals surface area contributed by atoms with Crippen molar-refractivity contribution in [2.24, 2.45) is 0 Å². The summed E-state index contributed by atoms with van der Waals surface area (Å²) in [5.74, 6) is 0.0912. The molecule has 1 N–H and O–H groups in total. The van der Waals surface area contributed by atoms with Crippen LogP contribution in [0.5, 0.6) is 0 Å². The highest BCUT2D eigenvalue weighted by Gasteiger charge is 2.26. The molecule has 1 aromatic heterocycles. The second-order valence-electron chi connectivity index (χ2n) is 6.15. The van der Waals surface area contributed by atoms with Gasteiger partial charge in [-0.15, -0.1) is 0 Å². The van der Waals surface area contributed by atoms with Crippen LogP contribution in [0.4, 0.5) is 11.4 Å². The average Bonchev–Trinajstić information content (AvgIpc) is 2.63. The zero-order valence-electron chi connectivity index (χ0n) is 13.8. The first-order chi connectivity index (χ1) is 11.7. The number of carbonyl (C=O) groups is 1. The van der Waals surface area contributed by atoms with Gasteiger partial charge >= 0.3 is 0 Å². The van der Waals surface area contributed by atoms with Crippen molar-refractivity contribution in [1.82, 2.24) is 9.88 Å². The van der Waals surface area contributed by atoms with Gasteiger partial charge in [0.2, 0.25) is 0 Å². The van der Waals surface area contributed by atoms with E-state index in [0.29, 0.717) is 11.6 Å². The summed E-state index contributed by atoms with van der Waals surface area (Å²) < 4.78 is 1.03. The second kappa shape index (κ2) is 7.79. The lowest BCUT2D eigenvalue weighted by molar-refractivity contribution is 0.0607. The molecule has 1 unspecified atom stereocenters. The fraction of sp³-hybridized carbons (Fsp3) is 0.368. The molecule has 2 heterocycles. The van der Waals surface area contributed by atoms with E-state index in [2.05, 4.69) is 33.2 Å². The minimum atomic E-state index is 0.0912. The van der Waals surface area contributed by atoms with Gasteiger partial charge in [0.25, 0.3) is 5.91 Å². The van der Waals surface area contributed by atoms with E-state index in [4.69, 9.17) is 0 Å². The Bertz CT molecular complexity index is 702. The van der Waals surface area contributed by atoms with Gasteiger partial charge in [0.05, 0.1) is 17.4 Å². The monoisotopic (exact) mass is 387 g/mol. The minimum absolute atomic E-state index is 0.0912. The van der Waals surface area contributed by atoms with E-state index in [-0.39, 0.29) is 5.91 Å². The molecule has 3 rings (SSSR count). The quantitative estimate of drug-likeness (QED) is 0.803. The number of hydrogen-bond acceptors (Lipinski definition) is 3. The van der Waals surface area contributed by atoms with Crippen molar-refractivity contribution in [2.75, 3.05) is 11.9 Å². The number of likely N-dealkylation sites (tertiary alicyclic amines) is 1. The predicted octanol–water partition coefficient (Wildman–Crippen LogP) is 4.99. The molecule has 4 nitrogen and oxygen atoms in total. The topological polar surface area (TPSA) is 45.2 Å². The number of nitrogens with zero attached hydrogens (tertiary/aromatic N) is 2. The van der Waals surface area contributed by atoms with Gasteiger partial charge in [-0.05, 0) is 56.0 Å². The molecule has 0 saturated carbocycles. The van der Waals surface area contributed by atoms with E-state index in [0.717, 1.165) is 41.7 Å². The predicted molar refractivity (Wildman–Crippen MR) is 101 cm³/mol. The van der Waals surface area contributed by atoms with Crippen molar-refractivity contribution in [3.8, 4) is 0 Å². The second-order valence-corrected chi connectivity index (χ2v) is 7.07. The van der Waals surface area contributed by atoms with Crippen LogP contribution in [-0.2, 0) is 0 Å². The van der Waals surface area contributed by atoms with E-state index >= 15 is 0 Å². The van der Waals surface area contributed by atoms with Crippen molar-refractivity contribution >= 4 is 33.2 Å². The minimum Gasteiger partial charge on any atom is -0.354 e. The van der Waals surface area contributed by atoms with Crippen LogP contribution < -0.4 is 5.32 Å². The number of carbonyl (C=O) groups excluding carboxylic acids is 1. The molecule has 0 aliphatic carbocycles. The Kier molecular flexibility index (Phi) is 5.51. The molecule has 0 bridgehead atoms. The summed E-state index contributed by atoms with van der Waals surface area (Å²) in [5.41, 5.74) is 2.44. The number of amides is 1. The van der Waals surface area contributed by atoms with Crippen molar-refractivity contribution in [3.63, 3.8) is 0 Å². The van der Waals surface area contributed by atoms with Gasteiger partial charge in [-0.2, -0.15) is 0 Å². The maximum absolute atomic E-state index is 12.9. The zero-order chi connectivity index (χ0) is 16.9. The van der Waals surface area contributed by atoms with Crippen LogP contribution in [0.25, 0.3) is 0 Å². The molecule has 0 radical (unpaired) electrons. The van der Waals surface area contributed by atoms with Crippen LogP contribution in [-0.4, -0.2) is 28.4 Å². The van der Waals surface area contributed by atoms with E-state index in [1.807, 2.05) is 35.2 Å². The SMILES string of the molecule is CCC1CCCCN1C(=O)c1cncc(Nc2ccc(Br)cc2)c1. The van der Waals surface area contributed by atoms with Gasteiger partial charge < -0.3 is 10.2 Å². The molecule has 126 valence electrons. The Balaban J connectivity index is 1.76. The highest BCUT2D eigenvalue weighted by Crippen LogP contribution is 2.23. The zero-order valence-corrected chi connectivity index (χ0v) is 15.4. The van der Waals surface area contributed by atoms with Crippen LogP contribution >= 0.6 is 15.9 Å². The first-order valence-electron chi connectivity index (χ1n) is 8.46. The highest BCUT2D eigenvalue weighted by atomic mass is 79.9. The summed E-state index contributed by atoms with van der Waals surface area (Å²) >= 11 is 3.43. The van der Waals surface area contributed by atoms with E-state index in [1.54, 1.807) is 12.4 Å². The van der Waals surface area contributed by atoms with Crippen molar-refractivity contribution in [3.05, 3.63) is 52.8 Å². The Morgan fingerprint density at radius 1 is 1.25 bits per heavy atom. The van der Waals surface area contributed by atoms with Gasteiger partial charge in [0.1, 0.15) is 0 Å². The Labute approximate surface area is 151 Å². The van der Waals surface area contributed by atoms with Crippen molar-refractivity contribution in [1.29, 1.82) is 0 Å². The molecule has 1 aliphatic heterocycles. The number of hydrogen-bond donors (Lipinski definition) is 1. The molecule has 24 heavy (non-hydrogen) atoms. The maximum Gasteiger partial charge on any atom is 0.255 e. The molecular weight excluding hydrogens is 366 g/mol. The molecule has 0 spiro atoms. The van der Waals surface area contributed by atoms with Crippen LogP contribution in [0, 0.1) is 0 Å². The number of piperidine rings is 1. The van der Waals surface area contributed by atoms with E-state index in [9.17, 15) is 4.79 Å². The summed E-state index contributed by atoms with van der Waals surface area (Å²) in [4.78, 5) is 19.1. The molecule has 2 aromatic rings. The number of halogens is 1. The summed E-state index contributed by atoms with van der Waals surface area (Å²) in [6, 6.07) is 10.2. The number of rotatable bonds is 4. The third-order valence-corrected chi connectivity index (χ3v) is 5.01. The molecule has 1 saturated heterocycles. The fourth-order valence-corrected chi connectivity index (χ4v) is 3.45. The van der Waals surface area contributed by atoms with E-state index < -0.39 is 0 Å². The lowest BCUT2D eigenvalue weighted by Crippen LogP contribution is -2.43. The number of benzene rings is 1. The average molecular weight is 388 g/mol. The highest BCUT2D eigenvalue weighted by molar-refractivity contribution is 9.10. The van der Waals surface area contributed by atoms with Crippen molar-refractivity contribution < 1.29 is 4.79 Å². The molecule has 1 fully saturated rings. The smallest absolute Gasteiger partial charge is 0.255 e. The first-order valence-corrected chi connectivity index (χ1v) is 9.25. The van der Waals surface area contributed by atoms with E-state index in [1.165, 1.54) is 6.42 Å². The van der Waals surface area contributed by atoms with Crippen molar-refractivity contribution in [2.45, 2.75) is 38.6 Å². The largest absolute Gasteiger partial charge is 0.354 e. The van der Waals surface area contributed by atoms with Crippen LogP contribution in [0.15, 0.2) is 47.2 Å². The number of nitrogens with one attached hydrogen (secondary N) is 1. The van der Waals surface area contributed by atoms with Gasteiger partial charge in [-0.1, -0.05) is 22.9 Å². The third-order valence-electron chi connectivity index (χ3n) is 4.48. The maximum atomic E-state index is 12.9. The molecule has 1 aliphatic rings.